The molecule has 20 heavy (non-hydrogen) atoms. The van der Waals surface area contributed by atoms with Crippen LogP contribution in [0.1, 0.15) is 67.2 Å². The molecule has 1 fully saturated rings. The molecule has 0 aromatic rings. The lowest BCUT2D eigenvalue weighted by atomic mass is 9.88. The summed E-state index contributed by atoms with van der Waals surface area (Å²) in [6, 6.07) is -0.250. The van der Waals surface area contributed by atoms with Crippen LogP contribution in [0.25, 0.3) is 0 Å². The molecule has 0 aliphatic carbocycles. The van der Waals surface area contributed by atoms with Crippen molar-refractivity contribution in [3.63, 3.8) is 0 Å². The lowest BCUT2D eigenvalue weighted by molar-refractivity contribution is -0.130. The van der Waals surface area contributed by atoms with Crippen molar-refractivity contribution < 1.29 is 14.3 Å². The molecular weight excluding hydrogens is 254 g/mol. The second-order valence-electron chi connectivity index (χ2n) is 6.89. The van der Waals surface area contributed by atoms with E-state index in [1.54, 1.807) is 4.90 Å². The predicted molar refractivity (Wildman–Crippen MR) is 79.6 cm³/mol. The van der Waals surface area contributed by atoms with Gasteiger partial charge in [-0.05, 0) is 53.4 Å². The van der Waals surface area contributed by atoms with Crippen LogP contribution >= 0.6 is 0 Å². The van der Waals surface area contributed by atoms with Crippen LogP contribution in [-0.2, 0) is 9.53 Å². The zero-order valence-corrected chi connectivity index (χ0v) is 13.7. The summed E-state index contributed by atoms with van der Waals surface area (Å²) in [5, 5.41) is 0. The van der Waals surface area contributed by atoms with Crippen molar-refractivity contribution in [3.05, 3.63) is 0 Å². The highest BCUT2D eigenvalue weighted by molar-refractivity contribution is 5.89. The first-order chi connectivity index (χ1) is 9.17. The Bertz CT molecular complexity index is 359. The minimum absolute atomic E-state index is 0.00441. The SMILES string of the molecule is CCC(C)C(=O)[C@@H]1CCC[C@@H](C)N1C(=O)OC(C)(C)C. The number of rotatable bonds is 3. The number of amides is 1. The number of nitrogens with zero attached hydrogens (tertiary/aromatic N) is 1. The van der Waals surface area contributed by atoms with Crippen LogP contribution in [-0.4, -0.2) is 34.5 Å². The van der Waals surface area contributed by atoms with Gasteiger partial charge in [-0.3, -0.25) is 9.69 Å². The van der Waals surface area contributed by atoms with E-state index in [-0.39, 0.29) is 29.9 Å². The number of ketones is 1. The number of piperidine rings is 1. The first kappa shape index (κ1) is 17.0. The summed E-state index contributed by atoms with van der Waals surface area (Å²) in [5.41, 5.74) is -0.530. The highest BCUT2D eigenvalue weighted by Crippen LogP contribution is 2.27. The number of likely N-dealkylation sites (tertiary alicyclic amines) is 1. The topological polar surface area (TPSA) is 46.6 Å². The van der Waals surface area contributed by atoms with E-state index in [0.29, 0.717) is 0 Å². The van der Waals surface area contributed by atoms with Gasteiger partial charge in [-0.25, -0.2) is 4.79 Å². The molecule has 0 bridgehead atoms. The van der Waals surface area contributed by atoms with Crippen LogP contribution in [0.15, 0.2) is 0 Å². The molecule has 0 N–H and O–H groups in total. The predicted octanol–water partition coefficient (Wildman–Crippen LogP) is 3.78. The molecule has 0 radical (unpaired) electrons. The maximum atomic E-state index is 12.5. The Morgan fingerprint density at radius 1 is 1.30 bits per heavy atom. The Labute approximate surface area is 122 Å². The molecule has 1 saturated heterocycles. The number of Topliss-reactive ketones (excluding diaryl/α,β-unsaturated/α-hetero) is 1. The van der Waals surface area contributed by atoms with Crippen molar-refractivity contribution in [1.29, 1.82) is 0 Å². The van der Waals surface area contributed by atoms with Crippen LogP contribution in [0, 0.1) is 5.92 Å². The third-order valence-electron chi connectivity index (χ3n) is 3.94. The van der Waals surface area contributed by atoms with Crippen molar-refractivity contribution in [1.82, 2.24) is 4.90 Å². The van der Waals surface area contributed by atoms with Crippen molar-refractivity contribution in [2.45, 2.75) is 84.9 Å². The van der Waals surface area contributed by atoms with Gasteiger partial charge in [-0.1, -0.05) is 13.8 Å². The Morgan fingerprint density at radius 2 is 1.90 bits per heavy atom. The minimum atomic E-state index is -0.530. The van der Waals surface area contributed by atoms with Crippen molar-refractivity contribution in [2.24, 2.45) is 5.92 Å². The van der Waals surface area contributed by atoms with E-state index in [0.717, 1.165) is 25.7 Å². The molecule has 1 amide bonds. The molecule has 1 aliphatic heterocycles. The van der Waals surface area contributed by atoms with Gasteiger partial charge >= 0.3 is 6.09 Å². The Morgan fingerprint density at radius 3 is 2.40 bits per heavy atom. The fourth-order valence-electron chi connectivity index (χ4n) is 2.62. The van der Waals surface area contributed by atoms with Crippen LogP contribution in [0.3, 0.4) is 0 Å². The summed E-state index contributed by atoms with van der Waals surface area (Å²) in [6.45, 7) is 11.5. The second kappa shape index (κ2) is 6.59. The minimum Gasteiger partial charge on any atom is -0.444 e. The summed E-state index contributed by atoms with van der Waals surface area (Å²) in [6.07, 6.45) is 3.14. The van der Waals surface area contributed by atoms with Gasteiger partial charge in [0.15, 0.2) is 5.78 Å². The van der Waals surface area contributed by atoms with E-state index >= 15 is 0 Å². The van der Waals surface area contributed by atoms with E-state index in [2.05, 4.69) is 0 Å². The first-order valence-electron chi connectivity index (χ1n) is 7.72. The van der Waals surface area contributed by atoms with Gasteiger partial charge in [0.05, 0.1) is 6.04 Å². The Kier molecular flexibility index (Phi) is 5.60. The van der Waals surface area contributed by atoms with Crippen LogP contribution in [0.2, 0.25) is 0 Å². The maximum absolute atomic E-state index is 12.5. The number of hydrogen-bond donors (Lipinski definition) is 0. The molecule has 0 aromatic heterocycles. The van der Waals surface area contributed by atoms with Gasteiger partial charge in [0.1, 0.15) is 5.60 Å². The van der Waals surface area contributed by atoms with Crippen LogP contribution in [0.5, 0.6) is 0 Å². The molecule has 4 nitrogen and oxygen atoms in total. The summed E-state index contributed by atoms with van der Waals surface area (Å²) >= 11 is 0. The molecule has 1 rings (SSSR count). The molecule has 0 saturated carbocycles. The molecule has 1 unspecified atom stereocenters. The van der Waals surface area contributed by atoms with E-state index in [1.807, 2.05) is 41.5 Å². The zero-order chi connectivity index (χ0) is 15.5. The van der Waals surface area contributed by atoms with Gasteiger partial charge in [0.25, 0.3) is 0 Å². The fourth-order valence-corrected chi connectivity index (χ4v) is 2.62. The first-order valence-corrected chi connectivity index (χ1v) is 7.72. The average molecular weight is 283 g/mol. The lowest BCUT2D eigenvalue weighted by Crippen LogP contribution is -2.54. The second-order valence-corrected chi connectivity index (χ2v) is 6.89. The van der Waals surface area contributed by atoms with E-state index in [9.17, 15) is 9.59 Å². The third-order valence-corrected chi connectivity index (χ3v) is 3.94. The maximum Gasteiger partial charge on any atom is 0.411 e. The largest absolute Gasteiger partial charge is 0.444 e. The van der Waals surface area contributed by atoms with Crippen LogP contribution in [0.4, 0.5) is 4.79 Å². The molecule has 116 valence electrons. The van der Waals surface area contributed by atoms with E-state index in [1.165, 1.54) is 0 Å². The zero-order valence-electron chi connectivity index (χ0n) is 13.7. The normalized spacial score (nSPS) is 25.2. The van der Waals surface area contributed by atoms with Crippen molar-refractivity contribution >= 4 is 11.9 Å². The number of ether oxygens (including phenoxy) is 1. The summed E-state index contributed by atoms with van der Waals surface area (Å²) in [7, 11) is 0. The number of carbonyl (C=O) groups is 2. The summed E-state index contributed by atoms with van der Waals surface area (Å²) in [5.74, 6) is 0.167. The molecule has 0 aromatic carbocycles. The number of hydrogen-bond acceptors (Lipinski definition) is 3. The Hall–Kier alpha value is -1.06. The quantitative estimate of drug-likeness (QED) is 0.792. The summed E-state index contributed by atoms with van der Waals surface area (Å²) in [4.78, 5) is 26.6. The van der Waals surface area contributed by atoms with Gasteiger partial charge in [0, 0.05) is 12.0 Å². The van der Waals surface area contributed by atoms with Crippen molar-refractivity contribution in [3.8, 4) is 0 Å². The van der Waals surface area contributed by atoms with Crippen LogP contribution < -0.4 is 0 Å². The third kappa shape index (κ3) is 4.22. The monoisotopic (exact) mass is 283 g/mol. The van der Waals surface area contributed by atoms with Gasteiger partial charge in [-0.2, -0.15) is 0 Å². The summed E-state index contributed by atoms with van der Waals surface area (Å²) < 4.78 is 5.48. The molecule has 0 spiro atoms. The number of carbonyl (C=O) groups excluding carboxylic acids is 2. The standard InChI is InChI=1S/C16H29NO3/c1-7-11(2)14(18)13-10-8-9-12(3)17(13)15(19)20-16(4,5)6/h11-13H,7-10H2,1-6H3/t11?,12-,13+/m1/s1. The van der Waals surface area contributed by atoms with E-state index in [4.69, 9.17) is 4.74 Å². The lowest BCUT2D eigenvalue weighted by Gasteiger charge is -2.41. The van der Waals surface area contributed by atoms with Gasteiger partial charge in [0.2, 0.25) is 0 Å². The highest BCUT2D eigenvalue weighted by atomic mass is 16.6. The molecule has 1 aliphatic rings. The Balaban J connectivity index is 2.90. The van der Waals surface area contributed by atoms with E-state index < -0.39 is 5.60 Å². The average Bonchev–Trinajstić information content (AvgIpc) is 2.34. The molecular formula is C16H29NO3. The molecule has 3 atom stereocenters. The highest BCUT2D eigenvalue weighted by Gasteiger charge is 2.39. The van der Waals surface area contributed by atoms with Gasteiger partial charge in [-0.15, -0.1) is 0 Å². The van der Waals surface area contributed by atoms with Crippen molar-refractivity contribution in [2.75, 3.05) is 0 Å². The van der Waals surface area contributed by atoms with Gasteiger partial charge < -0.3 is 4.74 Å². The molecule has 4 heteroatoms. The smallest absolute Gasteiger partial charge is 0.411 e. The molecule has 1 heterocycles. The fraction of sp³-hybridized carbons (Fsp3) is 0.875.